The Kier molecular flexibility index (Phi) is 3.96. The van der Waals surface area contributed by atoms with Crippen LogP contribution in [-0.4, -0.2) is 18.0 Å². The van der Waals surface area contributed by atoms with Gasteiger partial charge in [-0.25, -0.2) is 0 Å². The lowest BCUT2D eigenvalue weighted by molar-refractivity contribution is 0.0921. The summed E-state index contributed by atoms with van der Waals surface area (Å²) in [4.78, 5) is 12.0. The lowest BCUT2D eigenvalue weighted by atomic mass is 9.91. The van der Waals surface area contributed by atoms with E-state index in [9.17, 15) is 4.79 Å². The minimum Gasteiger partial charge on any atom is -0.348 e. The van der Waals surface area contributed by atoms with Crippen LogP contribution in [0.25, 0.3) is 0 Å². The lowest BCUT2D eigenvalue weighted by Gasteiger charge is -2.29. The van der Waals surface area contributed by atoms with Gasteiger partial charge in [0.15, 0.2) is 0 Å². The summed E-state index contributed by atoms with van der Waals surface area (Å²) in [6, 6.07) is 8.79. The van der Waals surface area contributed by atoms with Gasteiger partial charge in [-0.2, -0.15) is 5.26 Å². The summed E-state index contributed by atoms with van der Waals surface area (Å²) in [5.41, 5.74) is 7.13. The molecule has 94 valence electrons. The molecule has 2 rings (SSSR count). The third kappa shape index (κ3) is 2.88. The van der Waals surface area contributed by atoms with Gasteiger partial charge in [-0.05, 0) is 37.1 Å². The number of benzene rings is 1. The molecule has 0 saturated heterocycles. The summed E-state index contributed by atoms with van der Waals surface area (Å²) in [5, 5.41) is 11.7. The molecule has 4 nitrogen and oxygen atoms in total. The number of nitrogens with zero attached hydrogens (tertiary/aromatic N) is 1. The predicted octanol–water partition coefficient (Wildman–Crippen LogP) is 1.56. The highest BCUT2D eigenvalue weighted by atomic mass is 16.1. The molecule has 1 fully saturated rings. The van der Waals surface area contributed by atoms with Gasteiger partial charge in [-0.3, -0.25) is 4.79 Å². The highest BCUT2D eigenvalue weighted by molar-refractivity contribution is 5.94. The van der Waals surface area contributed by atoms with E-state index < -0.39 is 0 Å². The molecule has 0 heterocycles. The molecule has 0 radical (unpaired) electrons. The highest BCUT2D eigenvalue weighted by Crippen LogP contribution is 2.17. The van der Waals surface area contributed by atoms with Crippen molar-refractivity contribution in [3.8, 4) is 6.07 Å². The van der Waals surface area contributed by atoms with Crippen LogP contribution in [0.15, 0.2) is 24.3 Å². The van der Waals surface area contributed by atoms with E-state index in [4.69, 9.17) is 11.0 Å². The van der Waals surface area contributed by atoms with Gasteiger partial charge in [0.05, 0.1) is 11.6 Å². The molecule has 1 saturated carbocycles. The van der Waals surface area contributed by atoms with E-state index in [2.05, 4.69) is 5.32 Å². The molecule has 3 N–H and O–H groups in total. The molecule has 1 aromatic carbocycles. The number of nitriles is 1. The second kappa shape index (κ2) is 5.65. The standard InChI is InChI=1S/C14H17N3O/c15-9-10-5-7-11(8-6-10)14(18)17-13-4-2-1-3-12(13)16/h5-8,12-13H,1-4,16H2,(H,17,18)/t12-,13-/m1/s1. The smallest absolute Gasteiger partial charge is 0.251 e. The van der Waals surface area contributed by atoms with Crippen molar-refractivity contribution in [3.05, 3.63) is 35.4 Å². The Morgan fingerprint density at radius 2 is 1.94 bits per heavy atom. The number of carbonyl (C=O) groups is 1. The van der Waals surface area contributed by atoms with Crippen LogP contribution in [0.4, 0.5) is 0 Å². The van der Waals surface area contributed by atoms with Gasteiger partial charge in [0.1, 0.15) is 0 Å². The fourth-order valence-electron chi connectivity index (χ4n) is 2.29. The van der Waals surface area contributed by atoms with Gasteiger partial charge in [0.25, 0.3) is 5.91 Å². The SMILES string of the molecule is N#Cc1ccc(C(=O)N[C@@H]2CCCC[C@H]2N)cc1. The number of hydrogen-bond donors (Lipinski definition) is 2. The minimum absolute atomic E-state index is 0.0566. The van der Waals surface area contributed by atoms with Crippen LogP contribution >= 0.6 is 0 Å². The summed E-state index contributed by atoms with van der Waals surface area (Å²) in [6.45, 7) is 0. The van der Waals surface area contributed by atoms with Gasteiger partial charge < -0.3 is 11.1 Å². The van der Waals surface area contributed by atoms with Gasteiger partial charge in [-0.1, -0.05) is 12.8 Å². The van der Waals surface area contributed by atoms with Crippen molar-refractivity contribution in [3.63, 3.8) is 0 Å². The summed E-state index contributed by atoms with van der Waals surface area (Å²) in [7, 11) is 0. The minimum atomic E-state index is -0.109. The highest BCUT2D eigenvalue weighted by Gasteiger charge is 2.23. The lowest BCUT2D eigenvalue weighted by Crippen LogP contribution is -2.49. The monoisotopic (exact) mass is 243 g/mol. The predicted molar refractivity (Wildman–Crippen MR) is 68.9 cm³/mol. The van der Waals surface area contributed by atoms with Crippen LogP contribution in [0.1, 0.15) is 41.6 Å². The van der Waals surface area contributed by atoms with Crippen molar-refractivity contribution in [2.45, 2.75) is 37.8 Å². The molecule has 0 aromatic heterocycles. The van der Waals surface area contributed by atoms with Gasteiger partial charge >= 0.3 is 0 Å². The molecule has 18 heavy (non-hydrogen) atoms. The van der Waals surface area contributed by atoms with Crippen molar-refractivity contribution >= 4 is 5.91 Å². The number of nitrogens with one attached hydrogen (secondary N) is 1. The van der Waals surface area contributed by atoms with Crippen molar-refractivity contribution in [2.75, 3.05) is 0 Å². The van der Waals surface area contributed by atoms with Crippen molar-refractivity contribution in [2.24, 2.45) is 5.73 Å². The molecule has 0 bridgehead atoms. The Morgan fingerprint density at radius 3 is 2.56 bits per heavy atom. The number of rotatable bonds is 2. The van der Waals surface area contributed by atoms with E-state index in [-0.39, 0.29) is 18.0 Å². The molecular formula is C14H17N3O. The van der Waals surface area contributed by atoms with Crippen LogP contribution < -0.4 is 11.1 Å². The van der Waals surface area contributed by atoms with E-state index in [1.807, 2.05) is 6.07 Å². The molecular weight excluding hydrogens is 226 g/mol. The normalized spacial score (nSPS) is 23.1. The summed E-state index contributed by atoms with van der Waals surface area (Å²) in [5.74, 6) is -0.109. The average Bonchev–Trinajstić information content (AvgIpc) is 2.41. The summed E-state index contributed by atoms with van der Waals surface area (Å²) >= 11 is 0. The number of carbonyl (C=O) groups excluding carboxylic acids is 1. The number of nitrogens with two attached hydrogens (primary N) is 1. The van der Waals surface area contributed by atoms with Crippen molar-refractivity contribution < 1.29 is 4.79 Å². The van der Waals surface area contributed by atoms with Crippen molar-refractivity contribution in [1.82, 2.24) is 5.32 Å². The Balaban J connectivity index is 2.00. The maximum Gasteiger partial charge on any atom is 0.251 e. The molecule has 1 aliphatic carbocycles. The zero-order valence-corrected chi connectivity index (χ0v) is 10.2. The first-order valence-electron chi connectivity index (χ1n) is 6.27. The Labute approximate surface area is 107 Å². The maximum atomic E-state index is 12.0. The molecule has 0 unspecified atom stereocenters. The second-order valence-electron chi connectivity index (χ2n) is 4.72. The molecule has 0 spiro atoms. The van der Waals surface area contributed by atoms with Crippen molar-refractivity contribution in [1.29, 1.82) is 5.26 Å². The maximum absolute atomic E-state index is 12.0. The second-order valence-corrected chi connectivity index (χ2v) is 4.72. The Hall–Kier alpha value is -1.86. The van der Waals surface area contributed by atoms with Crippen LogP contribution in [0.3, 0.4) is 0 Å². The van der Waals surface area contributed by atoms with Crippen LogP contribution in [-0.2, 0) is 0 Å². The number of amides is 1. The zero-order valence-electron chi connectivity index (χ0n) is 10.2. The van der Waals surface area contributed by atoms with Gasteiger partial charge in [0, 0.05) is 17.6 Å². The average molecular weight is 243 g/mol. The molecule has 1 aromatic rings. The largest absolute Gasteiger partial charge is 0.348 e. The molecule has 2 atom stereocenters. The first-order valence-corrected chi connectivity index (χ1v) is 6.27. The van der Waals surface area contributed by atoms with E-state index >= 15 is 0 Å². The summed E-state index contributed by atoms with van der Waals surface area (Å²) in [6.07, 6.45) is 4.18. The topological polar surface area (TPSA) is 78.9 Å². The van der Waals surface area contributed by atoms with Crippen LogP contribution in [0.2, 0.25) is 0 Å². The molecule has 1 aliphatic rings. The summed E-state index contributed by atoms with van der Waals surface area (Å²) < 4.78 is 0. The van der Waals surface area contributed by atoms with Gasteiger partial charge in [-0.15, -0.1) is 0 Å². The number of hydrogen-bond acceptors (Lipinski definition) is 3. The van der Waals surface area contributed by atoms with E-state index in [1.165, 1.54) is 0 Å². The van der Waals surface area contributed by atoms with Crippen LogP contribution in [0.5, 0.6) is 0 Å². The molecule has 0 aliphatic heterocycles. The fourth-order valence-corrected chi connectivity index (χ4v) is 2.29. The fraction of sp³-hybridized carbons (Fsp3) is 0.429. The Bertz CT molecular complexity index is 461. The van der Waals surface area contributed by atoms with E-state index in [0.717, 1.165) is 25.7 Å². The van der Waals surface area contributed by atoms with E-state index in [1.54, 1.807) is 24.3 Å². The van der Waals surface area contributed by atoms with E-state index in [0.29, 0.717) is 11.1 Å². The third-order valence-corrected chi connectivity index (χ3v) is 3.41. The van der Waals surface area contributed by atoms with Gasteiger partial charge in [0.2, 0.25) is 0 Å². The molecule has 4 heteroatoms. The Morgan fingerprint density at radius 1 is 1.28 bits per heavy atom. The van der Waals surface area contributed by atoms with Crippen LogP contribution in [0, 0.1) is 11.3 Å². The molecule has 1 amide bonds. The third-order valence-electron chi connectivity index (χ3n) is 3.41. The first kappa shape index (κ1) is 12.6. The zero-order chi connectivity index (χ0) is 13.0. The first-order chi connectivity index (χ1) is 8.70. The quantitative estimate of drug-likeness (QED) is 0.827.